The van der Waals surface area contributed by atoms with Crippen LogP contribution in [-0.4, -0.2) is 37.5 Å². The second kappa shape index (κ2) is 7.84. The van der Waals surface area contributed by atoms with E-state index in [0.29, 0.717) is 36.6 Å². The van der Waals surface area contributed by atoms with Gasteiger partial charge in [-0.25, -0.2) is 8.42 Å². The maximum absolute atomic E-state index is 12.9. The molecule has 8 heteroatoms. The lowest BCUT2D eigenvalue weighted by molar-refractivity contribution is -0.120. The number of amides is 1. The largest absolute Gasteiger partial charge is 0.448 e. The van der Waals surface area contributed by atoms with E-state index in [0.717, 1.165) is 25.7 Å². The number of carbonyl (C=O) groups excluding carboxylic acids is 1. The molecule has 2 heterocycles. The van der Waals surface area contributed by atoms with E-state index >= 15 is 0 Å². The number of sulfonamides is 1. The van der Waals surface area contributed by atoms with Gasteiger partial charge in [-0.3, -0.25) is 4.79 Å². The Morgan fingerprint density at radius 1 is 1.00 bits per heavy atom. The average Bonchev–Trinajstić information content (AvgIpc) is 3.39. The first-order chi connectivity index (χ1) is 15.0. The van der Waals surface area contributed by atoms with Gasteiger partial charge in [0.05, 0.1) is 10.8 Å². The number of piperidine rings is 1. The molecular weight excluding hydrogens is 416 g/mol. The molecule has 1 amide bonds. The van der Waals surface area contributed by atoms with Crippen LogP contribution in [0.1, 0.15) is 38.5 Å². The zero-order valence-corrected chi connectivity index (χ0v) is 18.1. The topological polar surface area (TPSA) is 84.9 Å². The number of fused-ring (bicyclic) bond motifs is 1. The van der Waals surface area contributed by atoms with Crippen molar-refractivity contribution in [2.45, 2.75) is 49.2 Å². The third kappa shape index (κ3) is 3.90. The van der Waals surface area contributed by atoms with E-state index in [1.165, 1.54) is 4.31 Å². The number of ether oxygens (including phenoxy) is 2. The van der Waals surface area contributed by atoms with Gasteiger partial charge in [0.1, 0.15) is 0 Å². The second-order valence-electron chi connectivity index (χ2n) is 8.49. The summed E-state index contributed by atoms with van der Waals surface area (Å²) in [6.45, 7) is 0.601. The lowest BCUT2D eigenvalue weighted by atomic mass is 9.98. The van der Waals surface area contributed by atoms with E-state index in [-0.39, 0.29) is 17.3 Å². The molecule has 1 saturated heterocycles. The van der Waals surface area contributed by atoms with Crippen molar-refractivity contribution >= 4 is 21.6 Å². The Labute approximate surface area is 182 Å². The van der Waals surface area contributed by atoms with Gasteiger partial charge >= 0.3 is 0 Å². The maximum atomic E-state index is 12.9. The zero-order valence-electron chi connectivity index (χ0n) is 17.2. The molecule has 31 heavy (non-hydrogen) atoms. The van der Waals surface area contributed by atoms with Crippen molar-refractivity contribution in [3.05, 3.63) is 48.5 Å². The third-order valence-corrected chi connectivity index (χ3v) is 8.18. The minimum atomic E-state index is -3.61. The summed E-state index contributed by atoms with van der Waals surface area (Å²) in [5.74, 6) is 0.233. The van der Waals surface area contributed by atoms with Gasteiger partial charge in [0.15, 0.2) is 11.5 Å². The maximum Gasteiger partial charge on any atom is 0.251 e. The van der Waals surface area contributed by atoms with Gasteiger partial charge < -0.3 is 14.8 Å². The molecule has 7 nitrogen and oxygen atoms in total. The monoisotopic (exact) mass is 442 g/mol. The molecule has 1 spiro atoms. The van der Waals surface area contributed by atoms with Gasteiger partial charge in [-0.2, -0.15) is 4.31 Å². The molecule has 0 radical (unpaired) electrons. The van der Waals surface area contributed by atoms with Gasteiger partial charge in [0, 0.05) is 37.7 Å². The molecule has 5 rings (SSSR count). The van der Waals surface area contributed by atoms with Crippen LogP contribution in [0, 0.1) is 5.92 Å². The molecule has 164 valence electrons. The van der Waals surface area contributed by atoms with Crippen LogP contribution in [0.2, 0.25) is 0 Å². The fourth-order valence-electron chi connectivity index (χ4n) is 4.65. The number of hydrogen-bond donors (Lipinski definition) is 1. The first-order valence-electron chi connectivity index (χ1n) is 10.8. The molecular formula is C23H26N2O5S. The molecule has 2 fully saturated rings. The molecule has 1 atom stereocenters. The van der Waals surface area contributed by atoms with Crippen LogP contribution in [0.25, 0.3) is 0 Å². The summed E-state index contributed by atoms with van der Waals surface area (Å²) in [5.41, 5.74) is 0.630. The normalized spacial score (nSPS) is 22.5. The molecule has 2 aromatic carbocycles. The zero-order chi connectivity index (χ0) is 21.5. The van der Waals surface area contributed by atoms with Gasteiger partial charge in [0.2, 0.25) is 15.9 Å². The van der Waals surface area contributed by atoms with E-state index in [1.54, 1.807) is 42.5 Å². The third-order valence-electron chi connectivity index (χ3n) is 6.30. The minimum absolute atomic E-state index is 0.177. The van der Waals surface area contributed by atoms with E-state index in [4.69, 9.17) is 9.47 Å². The Hall–Kier alpha value is -2.58. The number of anilines is 1. The highest BCUT2D eigenvalue weighted by Crippen LogP contribution is 2.47. The molecule has 0 aromatic heterocycles. The van der Waals surface area contributed by atoms with E-state index < -0.39 is 21.7 Å². The summed E-state index contributed by atoms with van der Waals surface area (Å²) in [6.07, 6.45) is 5.21. The van der Waals surface area contributed by atoms with Crippen molar-refractivity contribution < 1.29 is 22.7 Å². The fraction of sp³-hybridized carbons (Fsp3) is 0.435. The smallest absolute Gasteiger partial charge is 0.251 e. The van der Waals surface area contributed by atoms with Crippen LogP contribution >= 0.6 is 0 Å². The van der Waals surface area contributed by atoms with Crippen LogP contribution in [-0.2, 0) is 14.8 Å². The number of nitrogens with one attached hydrogen (secondary N) is 1. The SMILES string of the molecule is O=C(Nc1ccc2c(c1)OC1(CCCC1)O2)C1CCCN(S(=O)(=O)c2ccccc2)C1. The molecule has 3 aliphatic rings. The first kappa shape index (κ1) is 20.3. The number of rotatable bonds is 4. The number of benzene rings is 2. The Morgan fingerprint density at radius 2 is 1.74 bits per heavy atom. The highest BCUT2D eigenvalue weighted by atomic mass is 32.2. The van der Waals surface area contributed by atoms with Crippen molar-refractivity contribution in [2.75, 3.05) is 18.4 Å². The van der Waals surface area contributed by atoms with E-state index in [2.05, 4.69) is 5.32 Å². The van der Waals surface area contributed by atoms with Gasteiger partial charge in [-0.15, -0.1) is 0 Å². The van der Waals surface area contributed by atoms with Crippen LogP contribution in [0.3, 0.4) is 0 Å². The Bertz CT molecular complexity index is 1080. The van der Waals surface area contributed by atoms with Crippen molar-refractivity contribution in [3.63, 3.8) is 0 Å². The summed E-state index contributed by atoms with van der Waals surface area (Å²) >= 11 is 0. The Morgan fingerprint density at radius 3 is 2.52 bits per heavy atom. The summed E-state index contributed by atoms with van der Waals surface area (Å²) in [4.78, 5) is 13.2. The molecule has 2 aliphatic heterocycles. The predicted octanol–water partition coefficient (Wildman–Crippen LogP) is 3.77. The van der Waals surface area contributed by atoms with Crippen molar-refractivity contribution in [1.29, 1.82) is 0 Å². The summed E-state index contributed by atoms with van der Waals surface area (Å²) < 4.78 is 39.4. The molecule has 2 aromatic rings. The molecule has 0 bridgehead atoms. The van der Waals surface area contributed by atoms with Crippen molar-refractivity contribution in [2.24, 2.45) is 5.92 Å². The summed E-state index contributed by atoms with van der Waals surface area (Å²) in [6, 6.07) is 13.8. The van der Waals surface area contributed by atoms with Crippen LogP contribution in [0.5, 0.6) is 11.5 Å². The van der Waals surface area contributed by atoms with E-state index in [9.17, 15) is 13.2 Å². The highest BCUT2D eigenvalue weighted by molar-refractivity contribution is 7.89. The lowest BCUT2D eigenvalue weighted by Gasteiger charge is -2.31. The molecule has 1 saturated carbocycles. The lowest BCUT2D eigenvalue weighted by Crippen LogP contribution is -2.43. The van der Waals surface area contributed by atoms with Crippen molar-refractivity contribution in [3.8, 4) is 11.5 Å². The number of carbonyl (C=O) groups is 1. The van der Waals surface area contributed by atoms with Crippen LogP contribution in [0.15, 0.2) is 53.4 Å². The Kier molecular flexibility index (Phi) is 5.14. The highest BCUT2D eigenvalue weighted by Gasteiger charge is 2.44. The summed E-state index contributed by atoms with van der Waals surface area (Å²) in [5, 5.41) is 2.94. The molecule has 1 aliphatic carbocycles. The average molecular weight is 443 g/mol. The number of hydrogen-bond acceptors (Lipinski definition) is 5. The van der Waals surface area contributed by atoms with Crippen LogP contribution in [0.4, 0.5) is 5.69 Å². The molecule has 1 N–H and O–H groups in total. The van der Waals surface area contributed by atoms with Gasteiger partial charge in [-0.05, 0) is 49.9 Å². The van der Waals surface area contributed by atoms with Crippen LogP contribution < -0.4 is 14.8 Å². The standard InChI is InChI=1S/C23H26N2O5S/c26-22(17-7-6-14-25(16-17)31(27,28)19-8-2-1-3-9-19)24-18-10-11-20-21(15-18)30-23(29-20)12-4-5-13-23/h1-3,8-11,15,17H,4-7,12-14,16H2,(H,24,26). The minimum Gasteiger partial charge on any atom is -0.448 e. The fourth-order valence-corrected chi connectivity index (χ4v) is 6.19. The first-order valence-corrected chi connectivity index (χ1v) is 12.3. The van der Waals surface area contributed by atoms with Gasteiger partial charge in [-0.1, -0.05) is 18.2 Å². The predicted molar refractivity (Wildman–Crippen MR) is 115 cm³/mol. The molecule has 1 unspecified atom stereocenters. The van der Waals surface area contributed by atoms with Crippen molar-refractivity contribution in [1.82, 2.24) is 4.31 Å². The van der Waals surface area contributed by atoms with Gasteiger partial charge in [0.25, 0.3) is 5.79 Å². The summed E-state index contributed by atoms with van der Waals surface area (Å²) in [7, 11) is -3.61. The number of nitrogens with zero attached hydrogens (tertiary/aromatic N) is 1. The van der Waals surface area contributed by atoms with E-state index in [1.807, 2.05) is 6.07 Å². The quantitative estimate of drug-likeness (QED) is 0.779. The Balaban J connectivity index is 1.26. The second-order valence-corrected chi connectivity index (χ2v) is 10.4.